The Morgan fingerprint density at radius 3 is 1.00 bits per heavy atom. The van der Waals surface area contributed by atoms with Crippen LogP contribution in [0, 0.1) is 0 Å². The van der Waals surface area contributed by atoms with Crippen LogP contribution in [0.2, 0.25) is 0 Å². The fourth-order valence-electron chi connectivity index (χ4n) is 0. The first kappa shape index (κ1) is 26.9. The molecule has 4 heavy (non-hydrogen) atoms. The maximum absolute atomic E-state index is 0. The van der Waals surface area contributed by atoms with E-state index in [1.54, 1.807) is 0 Å². The molecule has 4 heteroatoms. The van der Waals surface area contributed by atoms with Crippen molar-refractivity contribution >= 4 is 71.0 Å². The van der Waals surface area contributed by atoms with Crippen molar-refractivity contribution in [1.29, 1.82) is 0 Å². The van der Waals surface area contributed by atoms with E-state index in [9.17, 15) is 0 Å². The van der Waals surface area contributed by atoms with Crippen molar-refractivity contribution in [3.05, 3.63) is 0 Å². The van der Waals surface area contributed by atoms with E-state index in [2.05, 4.69) is 0 Å². The van der Waals surface area contributed by atoms with Crippen LogP contribution in [0.4, 0.5) is 0 Å². The van der Waals surface area contributed by atoms with Crippen molar-refractivity contribution in [2.24, 2.45) is 0 Å². The number of halogens is 2. The van der Waals surface area contributed by atoms with E-state index in [1.165, 1.54) is 0 Å². The number of rotatable bonds is 0. The molecule has 22 valence electrons. The maximum Gasteiger partial charge on any atom is 2.00 e. The van der Waals surface area contributed by atoms with E-state index in [4.69, 9.17) is 0 Å². The molecule has 0 nitrogen and oxygen atoms in total. The summed E-state index contributed by atoms with van der Waals surface area (Å²) < 4.78 is 0. The first-order chi connectivity index (χ1) is 0. The van der Waals surface area contributed by atoms with E-state index in [-0.39, 0.29) is 105 Å². The molecule has 0 radical (unpaired) electrons. The Morgan fingerprint density at radius 2 is 1.00 bits per heavy atom. The molecule has 0 saturated carbocycles. The van der Waals surface area contributed by atoms with Gasteiger partial charge in [-0.25, -0.2) is 0 Å². The molecule has 0 amide bonds. The summed E-state index contributed by atoms with van der Waals surface area (Å²) in [5, 5.41) is 0. The molecule has 0 aromatic carbocycles. The molecule has 0 spiro atoms. The summed E-state index contributed by atoms with van der Waals surface area (Å²) in [4.78, 5) is 0. The van der Waals surface area contributed by atoms with Gasteiger partial charge in [-0.05, 0) is 0 Å². The predicted octanol–water partition coefficient (Wildman–Crippen LogP) is -1.80. The minimum Gasteiger partial charge on any atom is -1.00 e. The molecule has 0 aromatic rings. The molecule has 0 atom stereocenters. The SMILES string of the molecule is I.I.[H-].[H-].[H-].[Mg+2].[Na+]. The minimum atomic E-state index is 0. The summed E-state index contributed by atoms with van der Waals surface area (Å²) in [7, 11) is 0. The van der Waals surface area contributed by atoms with Gasteiger partial charge in [0.2, 0.25) is 0 Å². The van der Waals surface area contributed by atoms with Crippen molar-refractivity contribution < 1.29 is 33.8 Å². The van der Waals surface area contributed by atoms with Gasteiger partial charge in [0.15, 0.2) is 0 Å². The Morgan fingerprint density at radius 1 is 1.00 bits per heavy atom. The third-order valence-corrected chi connectivity index (χ3v) is 0. The van der Waals surface area contributed by atoms with E-state index in [1.807, 2.05) is 0 Å². The molecule has 0 fully saturated rings. The molecule has 0 aliphatic carbocycles. The Bertz CT molecular complexity index is 12.9. The summed E-state index contributed by atoms with van der Waals surface area (Å²) in [6.45, 7) is 0. The standard InChI is InChI=1S/2HI.Mg.Na.3H/h2*1H;;;;;/q;;+2;+1;3*-1. The molecule has 0 rings (SSSR count). The minimum absolute atomic E-state index is 0. The molecule has 0 bridgehead atoms. The molecule has 0 unspecified atom stereocenters. The van der Waals surface area contributed by atoms with Gasteiger partial charge in [0.05, 0.1) is 0 Å². The zero-order chi connectivity index (χ0) is 0. The van der Waals surface area contributed by atoms with Gasteiger partial charge in [0, 0.05) is 0 Å². The van der Waals surface area contributed by atoms with Crippen LogP contribution >= 0.6 is 48.0 Å². The van der Waals surface area contributed by atoms with Crippen LogP contribution in [0.1, 0.15) is 4.28 Å². The first-order valence-electron chi connectivity index (χ1n) is 0. The molecule has 0 aromatic heterocycles. The third kappa shape index (κ3) is 8.97. The molecular weight excluding hydrogens is 301 g/mol. The van der Waals surface area contributed by atoms with Crippen molar-refractivity contribution in [2.45, 2.75) is 0 Å². The Labute approximate surface area is 103 Å². The van der Waals surface area contributed by atoms with Gasteiger partial charge in [-0.1, -0.05) is 0 Å². The third-order valence-electron chi connectivity index (χ3n) is 0. The quantitative estimate of drug-likeness (QED) is 0.366. The second kappa shape index (κ2) is 16.3. The van der Waals surface area contributed by atoms with Crippen LogP contribution in [0.5, 0.6) is 0 Å². The van der Waals surface area contributed by atoms with E-state index in [0.717, 1.165) is 0 Å². The van der Waals surface area contributed by atoms with Crippen molar-refractivity contribution in [2.75, 3.05) is 0 Å². The van der Waals surface area contributed by atoms with E-state index >= 15 is 0 Å². The zero-order valence-electron chi connectivity index (χ0n) is 5.52. The fraction of sp³-hybridized carbons (Fsp3) is 0. The summed E-state index contributed by atoms with van der Waals surface area (Å²) in [6, 6.07) is 0. The smallest absolute Gasteiger partial charge is 1.00 e. The molecule has 0 aliphatic rings. The van der Waals surface area contributed by atoms with Gasteiger partial charge in [-0.15, -0.1) is 48.0 Å². The van der Waals surface area contributed by atoms with Gasteiger partial charge >= 0.3 is 52.6 Å². The first-order valence-corrected chi connectivity index (χ1v) is 0. The van der Waals surface area contributed by atoms with Gasteiger partial charge in [0.25, 0.3) is 0 Å². The number of hydrogen-bond donors (Lipinski definition) is 0. The van der Waals surface area contributed by atoms with Crippen LogP contribution in [0.25, 0.3) is 0 Å². The van der Waals surface area contributed by atoms with Crippen molar-refractivity contribution in [1.82, 2.24) is 0 Å². The van der Waals surface area contributed by atoms with Gasteiger partial charge in [-0.3, -0.25) is 0 Å². The van der Waals surface area contributed by atoms with Gasteiger partial charge in [0.1, 0.15) is 0 Å². The Balaban J connectivity index is 0. The van der Waals surface area contributed by atoms with Gasteiger partial charge in [-0.2, -0.15) is 0 Å². The van der Waals surface area contributed by atoms with Crippen LogP contribution in [0.3, 0.4) is 0 Å². The Hall–Kier alpha value is 3.23. The van der Waals surface area contributed by atoms with Crippen LogP contribution in [0.15, 0.2) is 0 Å². The van der Waals surface area contributed by atoms with Crippen LogP contribution < -0.4 is 29.6 Å². The normalized spacial score (nSPS) is 0. The van der Waals surface area contributed by atoms with Crippen LogP contribution in [-0.4, -0.2) is 23.1 Å². The van der Waals surface area contributed by atoms with E-state index in [0.29, 0.717) is 0 Å². The average Bonchev–Trinajstić information content (AvgIpc) is 0. The molecular formula is H5I2MgNa. The monoisotopic (exact) mass is 306 g/mol. The summed E-state index contributed by atoms with van der Waals surface area (Å²) >= 11 is 0. The van der Waals surface area contributed by atoms with Crippen molar-refractivity contribution in [3.63, 3.8) is 0 Å². The molecule has 0 aliphatic heterocycles. The van der Waals surface area contributed by atoms with Crippen LogP contribution in [-0.2, 0) is 0 Å². The zero-order valence-corrected chi connectivity index (χ0v) is 10.6. The van der Waals surface area contributed by atoms with E-state index < -0.39 is 0 Å². The largest absolute Gasteiger partial charge is 2.00 e. The second-order valence-corrected chi connectivity index (χ2v) is 0. The molecule has 0 N–H and O–H groups in total. The number of hydrogen-bond acceptors (Lipinski definition) is 0. The maximum atomic E-state index is 0. The topological polar surface area (TPSA) is 0 Å². The molecule has 0 saturated heterocycles. The van der Waals surface area contributed by atoms with Gasteiger partial charge < -0.3 is 4.28 Å². The average molecular weight is 306 g/mol. The fourth-order valence-corrected chi connectivity index (χ4v) is 0. The second-order valence-electron chi connectivity index (χ2n) is 0. The predicted molar refractivity (Wildman–Crippen MR) is 39.9 cm³/mol. The summed E-state index contributed by atoms with van der Waals surface area (Å²) in [5.41, 5.74) is 0. The molecule has 0 heterocycles. The van der Waals surface area contributed by atoms with Crippen molar-refractivity contribution in [3.8, 4) is 0 Å². The summed E-state index contributed by atoms with van der Waals surface area (Å²) in [6.07, 6.45) is 0. The summed E-state index contributed by atoms with van der Waals surface area (Å²) in [5.74, 6) is 0. The Kier molecular flexibility index (Phi) is 110.